The number of rotatable bonds is 5. The summed E-state index contributed by atoms with van der Waals surface area (Å²) in [5.41, 5.74) is 1.08. The number of ether oxygens (including phenoxy) is 1. The van der Waals surface area contributed by atoms with Crippen LogP contribution in [-0.4, -0.2) is 60.5 Å². The smallest absolute Gasteiger partial charge is 0.225 e. The highest BCUT2D eigenvalue weighted by molar-refractivity contribution is 6.30. The van der Waals surface area contributed by atoms with Crippen molar-refractivity contribution >= 4 is 23.4 Å². The van der Waals surface area contributed by atoms with E-state index in [-0.39, 0.29) is 17.9 Å². The SMILES string of the molecule is O=C(CCc1cccc(Cl)c1)N1CCN(C(=O)CC2CCCCO2)CC1. The molecule has 0 N–H and O–H groups in total. The van der Waals surface area contributed by atoms with Gasteiger partial charge < -0.3 is 14.5 Å². The van der Waals surface area contributed by atoms with Crippen molar-refractivity contribution in [3.8, 4) is 0 Å². The van der Waals surface area contributed by atoms with Crippen LogP contribution in [0.5, 0.6) is 0 Å². The van der Waals surface area contributed by atoms with E-state index >= 15 is 0 Å². The molecule has 0 saturated carbocycles. The number of amides is 2. The van der Waals surface area contributed by atoms with E-state index in [2.05, 4.69) is 0 Å². The van der Waals surface area contributed by atoms with Crippen LogP contribution in [0.2, 0.25) is 5.02 Å². The summed E-state index contributed by atoms with van der Waals surface area (Å²) in [7, 11) is 0. The average molecular weight is 379 g/mol. The molecule has 2 amide bonds. The van der Waals surface area contributed by atoms with E-state index in [1.807, 2.05) is 34.1 Å². The lowest BCUT2D eigenvalue weighted by molar-refractivity contribution is -0.141. The molecular formula is C20H27ClN2O3. The van der Waals surface area contributed by atoms with Gasteiger partial charge in [-0.2, -0.15) is 0 Å². The Balaban J connectivity index is 1.39. The lowest BCUT2D eigenvalue weighted by Gasteiger charge is -2.35. The van der Waals surface area contributed by atoms with Gasteiger partial charge in [0, 0.05) is 44.2 Å². The summed E-state index contributed by atoms with van der Waals surface area (Å²) in [6, 6.07) is 7.63. The molecule has 2 heterocycles. The fourth-order valence-electron chi connectivity index (χ4n) is 3.60. The molecule has 3 rings (SSSR count). The highest BCUT2D eigenvalue weighted by Gasteiger charge is 2.26. The Labute approximate surface area is 160 Å². The van der Waals surface area contributed by atoms with Crippen molar-refractivity contribution in [2.75, 3.05) is 32.8 Å². The number of carbonyl (C=O) groups is 2. The number of benzene rings is 1. The number of hydrogen-bond acceptors (Lipinski definition) is 3. The highest BCUT2D eigenvalue weighted by Crippen LogP contribution is 2.18. The van der Waals surface area contributed by atoms with Gasteiger partial charge in [-0.1, -0.05) is 23.7 Å². The van der Waals surface area contributed by atoms with Gasteiger partial charge in [-0.3, -0.25) is 9.59 Å². The second-order valence-corrected chi connectivity index (χ2v) is 7.52. The Morgan fingerprint density at radius 2 is 1.81 bits per heavy atom. The minimum Gasteiger partial charge on any atom is -0.378 e. The van der Waals surface area contributed by atoms with Gasteiger partial charge in [-0.15, -0.1) is 0 Å². The van der Waals surface area contributed by atoms with Gasteiger partial charge in [0.2, 0.25) is 11.8 Å². The third-order valence-corrected chi connectivity index (χ3v) is 5.41. The van der Waals surface area contributed by atoms with Crippen molar-refractivity contribution in [1.29, 1.82) is 0 Å². The molecule has 2 saturated heterocycles. The van der Waals surface area contributed by atoms with Crippen molar-refractivity contribution in [2.45, 2.75) is 44.6 Å². The highest BCUT2D eigenvalue weighted by atomic mass is 35.5. The maximum absolute atomic E-state index is 12.4. The average Bonchev–Trinajstić information content (AvgIpc) is 2.67. The summed E-state index contributed by atoms with van der Waals surface area (Å²) in [5.74, 6) is 0.301. The zero-order valence-electron chi connectivity index (χ0n) is 15.2. The molecule has 1 aromatic carbocycles. The number of halogens is 1. The van der Waals surface area contributed by atoms with Crippen molar-refractivity contribution < 1.29 is 14.3 Å². The van der Waals surface area contributed by atoms with E-state index in [1.165, 1.54) is 0 Å². The largest absolute Gasteiger partial charge is 0.378 e. The second-order valence-electron chi connectivity index (χ2n) is 7.08. The van der Waals surface area contributed by atoms with Crippen molar-refractivity contribution in [2.24, 2.45) is 0 Å². The Morgan fingerprint density at radius 1 is 1.08 bits per heavy atom. The lowest BCUT2D eigenvalue weighted by atomic mass is 10.1. The van der Waals surface area contributed by atoms with Gasteiger partial charge in [-0.25, -0.2) is 0 Å². The molecule has 0 radical (unpaired) electrons. The minimum absolute atomic E-state index is 0.0774. The molecule has 1 atom stereocenters. The van der Waals surface area contributed by atoms with E-state index < -0.39 is 0 Å². The predicted octanol–water partition coefficient (Wildman–Crippen LogP) is 2.90. The number of aryl methyl sites for hydroxylation is 1. The van der Waals surface area contributed by atoms with Crippen LogP contribution in [0.25, 0.3) is 0 Å². The summed E-state index contributed by atoms with van der Waals surface area (Å²) in [4.78, 5) is 28.6. The fraction of sp³-hybridized carbons (Fsp3) is 0.600. The van der Waals surface area contributed by atoms with Crippen LogP contribution in [-0.2, 0) is 20.7 Å². The van der Waals surface area contributed by atoms with Crippen LogP contribution in [0.4, 0.5) is 0 Å². The Bertz CT molecular complexity index is 623. The van der Waals surface area contributed by atoms with Gasteiger partial charge in [0.25, 0.3) is 0 Å². The molecule has 1 unspecified atom stereocenters. The lowest BCUT2D eigenvalue weighted by Crippen LogP contribution is -2.51. The van der Waals surface area contributed by atoms with Crippen LogP contribution in [0.15, 0.2) is 24.3 Å². The van der Waals surface area contributed by atoms with Gasteiger partial charge in [0.05, 0.1) is 12.5 Å². The molecule has 1 aromatic rings. The summed E-state index contributed by atoms with van der Waals surface area (Å²) >= 11 is 5.98. The summed E-state index contributed by atoms with van der Waals surface area (Å²) in [5, 5.41) is 0.698. The summed E-state index contributed by atoms with van der Waals surface area (Å²) in [6.07, 6.45) is 4.94. The van der Waals surface area contributed by atoms with E-state index in [4.69, 9.17) is 16.3 Å². The first kappa shape index (κ1) is 19.2. The molecule has 142 valence electrons. The third kappa shape index (κ3) is 5.45. The van der Waals surface area contributed by atoms with Crippen molar-refractivity contribution in [1.82, 2.24) is 9.80 Å². The molecular weight excluding hydrogens is 352 g/mol. The monoisotopic (exact) mass is 378 g/mol. The summed E-state index contributed by atoms with van der Waals surface area (Å²) < 4.78 is 5.66. The van der Waals surface area contributed by atoms with E-state index in [0.29, 0.717) is 50.5 Å². The quantitative estimate of drug-likeness (QED) is 0.791. The fourth-order valence-corrected chi connectivity index (χ4v) is 3.81. The van der Waals surface area contributed by atoms with Gasteiger partial charge in [0.1, 0.15) is 0 Å². The van der Waals surface area contributed by atoms with E-state index in [0.717, 1.165) is 31.4 Å². The molecule has 2 aliphatic heterocycles. The molecule has 5 nitrogen and oxygen atoms in total. The molecule has 2 fully saturated rings. The van der Waals surface area contributed by atoms with Gasteiger partial charge >= 0.3 is 0 Å². The van der Waals surface area contributed by atoms with E-state index in [9.17, 15) is 9.59 Å². The maximum atomic E-state index is 12.4. The van der Waals surface area contributed by atoms with E-state index in [1.54, 1.807) is 0 Å². The Kier molecular flexibility index (Phi) is 6.92. The molecule has 0 aliphatic carbocycles. The Hall–Kier alpha value is -1.59. The number of nitrogens with zero attached hydrogens (tertiary/aromatic N) is 2. The number of hydrogen-bond donors (Lipinski definition) is 0. The first-order valence-electron chi connectivity index (χ1n) is 9.53. The molecule has 26 heavy (non-hydrogen) atoms. The molecule has 0 spiro atoms. The van der Waals surface area contributed by atoms with Gasteiger partial charge in [0.15, 0.2) is 0 Å². The first-order valence-corrected chi connectivity index (χ1v) is 9.91. The standard InChI is InChI=1S/C20H27ClN2O3/c21-17-5-3-4-16(14-17)7-8-19(24)22-9-11-23(12-10-22)20(25)15-18-6-1-2-13-26-18/h3-5,14,18H,1-2,6-13,15H2. The van der Waals surface area contributed by atoms with Crippen molar-refractivity contribution in [3.63, 3.8) is 0 Å². The van der Waals surface area contributed by atoms with Crippen LogP contribution >= 0.6 is 11.6 Å². The normalized spacial score (nSPS) is 20.9. The van der Waals surface area contributed by atoms with Crippen LogP contribution < -0.4 is 0 Å². The topological polar surface area (TPSA) is 49.9 Å². The molecule has 0 bridgehead atoms. The Morgan fingerprint density at radius 3 is 2.46 bits per heavy atom. The molecule has 2 aliphatic rings. The van der Waals surface area contributed by atoms with Crippen LogP contribution in [0.3, 0.4) is 0 Å². The maximum Gasteiger partial charge on any atom is 0.225 e. The third-order valence-electron chi connectivity index (χ3n) is 5.18. The van der Waals surface area contributed by atoms with Crippen LogP contribution in [0, 0.1) is 0 Å². The molecule has 6 heteroatoms. The minimum atomic E-state index is 0.0774. The van der Waals surface area contributed by atoms with Crippen molar-refractivity contribution in [3.05, 3.63) is 34.9 Å². The zero-order chi connectivity index (χ0) is 18.4. The summed E-state index contributed by atoms with van der Waals surface area (Å²) in [6.45, 7) is 3.24. The van der Waals surface area contributed by atoms with Crippen LogP contribution in [0.1, 0.15) is 37.7 Å². The predicted molar refractivity (Wildman–Crippen MR) is 101 cm³/mol. The zero-order valence-corrected chi connectivity index (χ0v) is 15.9. The first-order chi connectivity index (χ1) is 12.6. The number of piperazine rings is 1. The van der Waals surface area contributed by atoms with Gasteiger partial charge in [-0.05, 0) is 43.4 Å². The second kappa shape index (κ2) is 9.38. The molecule has 0 aromatic heterocycles. The number of carbonyl (C=O) groups excluding carboxylic acids is 2.